The summed E-state index contributed by atoms with van der Waals surface area (Å²) in [5, 5.41) is 28.1. The predicted octanol–water partition coefficient (Wildman–Crippen LogP) is 4.23. The summed E-state index contributed by atoms with van der Waals surface area (Å²) in [6.07, 6.45) is 6.46. The van der Waals surface area contributed by atoms with Crippen molar-refractivity contribution in [2.24, 2.45) is 11.3 Å². The molecular formula is C27H36N6O2. The Labute approximate surface area is 207 Å². The number of anilines is 1. The minimum Gasteiger partial charge on any atom is -0.492 e. The van der Waals surface area contributed by atoms with E-state index in [-0.39, 0.29) is 11.5 Å². The van der Waals surface area contributed by atoms with Gasteiger partial charge in [0.05, 0.1) is 30.1 Å². The van der Waals surface area contributed by atoms with Gasteiger partial charge >= 0.3 is 0 Å². The number of aliphatic hydroxyl groups is 1. The molecule has 1 saturated heterocycles. The number of rotatable bonds is 8. The number of hydrogen-bond acceptors (Lipinski definition) is 7. The molecule has 3 aromatic rings. The zero-order valence-corrected chi connectivity index (χ0v) is 21.3. The van der Waals surface area contributed by atoms with E-state index in [0.717, 1.165) is 48.4 Å². The Morgan fingerprint density at radius 1 is 1.23 bits per heavy atom. The molecule has 0 spiro atoms. The monoisotopic (exact) mass is 476 g/mol. The van der Waals surface area contributed by atoms with Crippen LogP contribution < -0.4 is 15.0 Å². The van der Waals surface area contributed by atoms with Gasteiger partial charge in [-0.05, 0) is 50.8 Å². The van der Waals surface area contributed by atoms with Crippen LogP contribution in [0.1, 0.15) is 53.0 Å². The smallest absolute Gasteiger partial charge is 0.138 e. The number of fused-ring (bicyclic) bond motifs is 1. The van der Waals surface area contributed by atoms with E-state index in [9.17, 15) is 10.4 Å². The molecule has 1 unspecified atom stereocenters. The van der Waals surface area contributed by atoms with E-state index in [0.29, 0.717) is 23.8 Å². The Balaban J connectivity index is 1.51. The first-order chi connectivity index (χ1) is 16.8. The third-order valence-corrected chi connectivity index (χ3v) is 7.39. The van der Waals surface area contributed by atoms with Crippen molar-refractivity contribution < 1.29 is 9.84 Å². The molecule has 0 bridgehead atoms. The van der Waals surface area contributed by atoms with Crippen molar-refractivity contribution in [3.05, 3.63) is 42.4 Å². The number of hydrogen-bond donors (Lipinski definition) is 2. The van der Waals surface area contributed by atoms with Gasteiger partial charge in [0.15, 0.2) is 0 Å². The van der Waals surface area contributed by atoms with Crippen molar-refractivity contribution in [2.75, 3.05) is 24.6 Å². The summed E-state index contributed by atoms with van der Waals surface area (Å²) >= 11 is 0. The molecule has 1 aliphatic rings. The lowest BCUT2D eigenvalue weighted by atomic mass is 9.78. The van der Waals surface area contributed by atoms with Gasteiger partial charge in [-0.3, -0.25) is 5.32 Å². The first-order valence-electron chi connectivity index (χ1n) is 12.5. The number of ether oxygens (including phenoxy) is 1. The standard InChI is InChI=1S/C27H36N6O2/c1-6-35-22-13-23(25-21(14-28)16-30-33(25)17-22)20-7-8-24(29-15-20)32-11-9-27(5,10-12-32)26(34)31-19(4)18(2)3/h7-8,13,15-19,26,31,34H,6,9-12H2,1-5H3/t19-,26?/m0/s1. The SMILES string of the molecule is CCOc1cc(-c2ccc(N3CCC(C)(C(O)N[C@@H](C)C(C)C)CC3)nc2)c2c(C#N)cnn2c1. The van der Waals surface area contributed by atoms with Gasteiger partial charge in [-0.25, -0.2) is 9.50 Å². The van der Waals surface area contributed by atoms with E-state index < -0.39 is 6.23 Å². The molecule has 8 heteroatoms. The third kappa shape index (κ3) is 5.12. The minimum atomic E-state index is -0.526. The second kappa shape index (κ2) is 10.2. The number of nitrogens with zero attached hydrogens (tertiary/aromatic N) is 5. The highest BCUT2D eigenvalue weighted by molar-refractivity contribution is 5.85. The lowest BCUT2D eigenvalue weighted by Crippen LogP contribution is -2.53. The van der Waals surface area contributed by atoms with Gasteiger partial charge in [0.25, 0.3) is 0 Å². The number of aromatic nitrogens is 3. The Bertz CT molecular complexity index is 1190. The predicted molar refractivity (Wildman–Crippen MR) is 137 cm³/mol. The highest BCUT2D eigenvalue weighted by atomic mass is 16.5. The maximum atomic E-state index is 10.9. The lowest BCUT2D eigenvalue weighted by molar-refractivity contribution is -0.0162. The molecule has 3 aromatic heterocycles. The minimum absolute atomic E-state index is 0.166. The normalized spacial score (nSPS) is 17.4. The molecule has 8 nitrogen and oxygen atoms in total. The van der Waals surface area contributed by atoms with Gasteiger partial charge < -0.3 is 14.7 Å². The Morgan fingerprint density at radius 3 is 2.57 bits per heavy atom. The van der Waals surface area contributed by atoms with Gasteiger partial charge in [0, 0.05) is 41.9 Å². The van der Waals surface area contributed by atoms with Crippen LogP contribution in [-0.4, -0.2) is 51.7 Å². The van der Waals surface area contributed by atoms with Crippen LogP contribution in [0.5, 0.6) is 5.75 Å². The summed E-state index contributed by atoms with van der Waals surface area (Å²) < 4.78 is 7.41. The van der Waals surface area contributed by atoms with E-state index in [1.807, 2.05) is 31.3 Å². The molecule has 4 heterocycles. The average molecular weight is 477 g/mol. The van der Waals surface area contributed by atoms with Crippen LogP contribution in [0.25, 0.3) is 16.6 Å². The Hall–Kier alpha value is -3.15. The fraction of sp³-hybridized carbons (Fsp3) is 0.519. The molecular weight excluding hydrogens is 440 g/mol. The third-order valence-electron chi connectivity index (χ3n) is 7.39. The zero-order valence-electron chi connectivity index (χ0n) is 21.3. The molecule has 0 radical (unpaired) electrons. The number of piperidine rings is 1. The summed E-state index contributed by atoms with van der Waals surface area (Å²) in [5.41, 5.74) is 2.86. The van der Waals surface area contributed by atoms with Crippen molar-refractivity contribution in [1.29, 1.82) is 5.26 Å². The van der Waals surface area contributed by atoms with Crippen LogP contribution >= 0.6 is 0 Å². The van der Waals surface area contributed by atoms with Gasteiger partial charge in [-0.1, -0.05) is 20.8 Å². The number of nitriles is 1. The molecule has 0 amide bonds. The van der Waals surface area contributed by atoms with Crippen LogP contribution in [-0.2, 0) is 0 Å². The maximum Gasteiger partial charge on any atom is 0.138 e. The summed E-state index contributed by atoms with van der Waals surface area (Å²) in [5.74, 6) is 2.08. The molecule has 1 aliphatic heterocycles. The maximum absolute atomic E-state index is 10.9. The van der Waals surface area contributed by atoms with E-state index in [4.69, 9.17) is 9.72 Å². The molecule has 2 atom stereocenters. The Kier molecular flexibility index (Phi) is 7.29. The first-order valence-corrected chi connectivity index (χ1v) is 12.5. The first kappa shape index (κ1) is 25.0. The molecule has 0 aliphatic carbocycles. The van der Waals surface area contributed by atoms with Crippen molar-refractivity contribution in [2.45, 2.75) is 59.7 Å². The summed E-state index contributed by atoms with van der Waals surface area (Å²) in [6.45, 7) is 12.8. The molecule has 0 saturated carbocycles. The summed E-state index contributed by atoms with van der Waals surface area (Å²) in [6, 6.07) is 8.50. The molecule has 0 aromatic carbocycles. The van der Waals surface area contributed by atoms with Crippen LogP contribution in [0, 0.1) is 22.7 Å². The van der Waals surface area contributed by atoms with Crippen LogP contribution in [0.15, 0.2) is 36.8 Å². The van der Waals surface area contributed by atoms with Crippen molar-refractivity contribution in [3.8, 4) is 22.9 Å². The van der Waals surface area contributed by atoms with Crippen LogP contribution in [0.3, 0.4) is 0 Å². The Morgan fingerprint density at radius 2 is 1.97 bits per heavy atom. The van der Waals surface area contributed by atoms with Gasteiger partial charge in [-0.2, -0.15) is 10.4 Å². The van der Waals surface area contributed by atoms with Crippen LogP contribution in [0.4, 0.5) is 5.82 Å². The van der Waals surface area contributed by atoms with Gasteiger partial charge in [-0.15, -0.1) is 0 Å². The quantitative estimate of drug-likeness (QED) is 0.470. The molecule has 186 valence electrons. The van der Waals surface area contributed by atoms with Gasteiger partial charge in [0.2, 0.25) is 0 Å². The van der Waals surface area contributed by atoms with E-state index in [2.05, 4.69) is 49.1 Å². The van der Waals surface area contributed by atoms with Gasteiger partial charge in [0.1, 0.15) is 23.9 Å². The number of nitrogens with one attached hydrogen (secondary N) is 1. The second-order valence-corrected chi connectivity index (χ2v) is 10.1. The second-order valence-electron chi connectivity index (χ2n) is 10.1. The zero-order chi connectivity index (χ0) is 25.2. The van der Waals surface area contributed by atoms with E-state index in [1.54, 1.807) is 16.9 Å². The summed E-state index contributed by atoms with van der Waals surface area (Å²) in [4.78, 5) is 7.03. The van der Waals surface area contributed by atoms with E-state index in [1.165, 1.54) is 0 Å². The molecule has 35 heavy (non-hydrogen) atoms. The lowest BCUT2D eigenvalue weighted by Gasteiger charge is -2.44. The largest absolute Gasteiger partial charge is 0.492 e. The molecule has 1 fully saturated rings. The molecule has 2 N–H and O–H groups in total. The fourth-order valence-corrected chi connectivity index (χ4v) is 4.54. The van der Waals surface area contributed by atoms with E-state index >= 15 is 0 Å². The number of pyridine rings is 2. The average Bonchev–Trinajstić information content (AvgIpc) is 3.27. The topological polar surface area (TPSA) is 98.7 Å². The number of aliphatic hydroxyl groups excluding tert-OH is 1. The fourth-order valence-electron chi connectivity index (χ4n) is 4.54. The van der Waals surface area contributed by atoms with Crippen LogP contribution in [0.2, 0.25) is 0 Å². The van der Waals surface area contributed by atoms with Crippen molar-refractivity contribution in [3.63, 3.8) is 0 Å². The highest BCUT2D eigenvalue weighted by Gasteiger charge is 2.37. The highest BCUT2D eigenvalue weighted by Crippen LogP contribution is 2.36. The molecule has 4 rings (SSSR count). The van der Waals surface area contributed by atoms with Crippen molar-refractivity contribution in [1.82, 2.24) is 19.9 Å². The summed E-state index contributed by atoms with van der Waals surface area (Å²) in [7, 11) is 0. The van der Waals surface area contributed by atoms with Crippen molar-refractivity contribution >= 4 is 11.3 Å².